The monoisotopic (exact) mass is 208 g/mol. The highest BCUT2D eigenvalue weighted by atomic mass is 16.1. The molecule has 0 radical (unpaired) electrons. The van der Waals surface area contributed by atoms with Crippen LogP contribution < -0.4 is 0 Å². The average Bonchev–Trinajstić information content (AvgIpc) is 2.83. The fraction of sp³-hybridized carbons (Fsp3) is 0.0769. The van der Waals surface area contributed by atoms with E-state index >= 15 is 0 Å². The molecule has 0 aliphatic carbocycles. The molecule has 1 aromatic heterocycles. The molecule has 16 heavy (non-hydrogen) atoms. The molecule has 0 unspecified atom stereocenters. The van der Waals surface area contributed by atoms with Gasteiger partial charge in [0, 0.05) is 11.3 Å². The summed E-state index contributed by atoms with van der Waals surface area (Å²) in [5.41, 5.74) is 3.14. The standard InChI is InChI=1S/C13H8N2O/c14-8-7-9-5-6-12-13(16)10-3-1-2-4-11(10)15(9)12/h1-6H,7H2. The number of nitriles is 1. The Morgan fingerprint density at radius 2 is 2.00 bits per heavy atom. The van der Waals surface area contributed by atoms with Gasteiger partial charge >= 0.3 is 0 Å². The van der Waals surface area contributed by atoms with Gasteiger partial charge in [-0.1, -0.05) is 12.1 Å². The molecule has 3 rings (SSSR count). The van der Waals surface area contributed by atoms with E-state index in [1.807, 2.05) is 34.9 Å². The molecular weight excluding hydrogens is 200 g/mol. The molecule has 0 saturated heterocycles. The zero-order valence-corrected chi connectivity index (χ0v) is 8.47. The van der Waals surface area contributed by atoms with Gasteiger partial charge in [-0.05, 0) is 24.3 Å². The molecule has 0 amide bonds. The van der Waals surface area contributed by atoms with Crippen LogP contribution in [0.1, 0.15) is 21.7 Å². The van der Waals surface area contributed by atoms with Crippen molar-refractivity contribution in [3.8, 4) is 11.8 Å². The highest BCUT2D eigenvalue weighted by molar-refractivity contribution is 6.14. The predicted molar refractivity (Wildman–Crippen MR) is 58.5 cm³/mol. The SMILES string of the molecule is N#CCc1ccc2n1-c1ccccc1C2=O. The van der Waals surface area contributed by atoms with Crippen LogP contribution in [-0.2, 0) is 6.42 Å². The summed E-state index contributed by atoms with van der Waals surface area (Å²) in [7, 11) is 0. The van der Waals surface area contributed by atoms with Crippen LogP contribution in [0, 0.1) is 11.3 Å². The van der Waals surface area contributed by atoms with E-state index in [4.69, 9.17) is 5.26 Å². The van der Waals surface area contributed by atoms with Crippen molar-refractivity contribution < 1.29 is 4.79 Å². The van der Waals surface area contributed by atoms with Crippen molar-refractivity contribution in [3.63, 3.8) is 0 Å². The van der Waals surface area contributed by atoms with Gasteiger partial charge in [-0.25, -0.2) is 0 Å². The second-order valence-corrected chi connectivity index (χ2v) is 3.73. The first-order chi connectivity index (χ1) is 7.83. The number of hydrogen-bond donors (Lipinski definition) is 0. The number of benzene rings is 1. The first-order valence-corrected chi connectivity index (χ1v) is 5.04. The Balaban J connectivity index is 2.30. The molecule has 0 N–H and O–H groups in total. The molecule has 0 atom stereocenters. The summed E-state index contributed by atoms with van der Waals surface area (Å²) in [5.74, 6) is 0.0415. The summed E-state index contributed by atoms with van der Waals surface area (Å²) in [6, 6.07) is 13.2. The van der Waals surface area contributed by atoms with Crippen molar-refractivity contribution >= 4 is 5.78 Å². The quantitative estimate of drug-likeness (QED) is 0.614. The number of para-hydroxylation sites is 1. The first-order valence-electron chi connectivity index (χ1n) is 5.04. The number of aromatic nitrogens is 1. The summed E-state index contributed by atoms with van der Waals surface area (Å²) in [4.78, 5) is 12.0. The van der Waals surface area contributed by atoms with Gasteiger partial charge in [0.1, 0.15) is 0 Å². The number of rotatable bonds is 1. The molecule has 1 aliphatic rings. The van der Waals surface area contributed by atoms with Gasteiger partial charge in [0.2, 0.25) is 5.78 Å². The lowest BCUT2D eigenvalue weighted by Crippen LogP contribution is -1.98. The van der Waals surface area contributed by atoms with E-state index in [2.05, 4.69) is 6.07 Å². The minimum atomic E-state index is 0.0415. The van der Waals surface area contributed by atoms with Crippen LogP contribution in [0.4, 0.5) is 0 Å². The van der Waals surface area contributed by atoms with Crippen molar-refractivity contribution in [1.29, 1.82) is 5.26 Å². The Bertz CT molecular complexity index is 632. The van der Waals surface area contributed by atoms with E-state index in [0.717, 1.165) is 16.9 Å². The third-order valence-corrected chi connectivity index (χ3v) is 2.84. The molecule has 3 heteroatoms. The van der Waals surface area contributed by atoms with Crippen LogP contribution in [-0.4, -0.2) is 10.4 Å². The molecule has 0 fully saturated rings. The van der Waals surface area contributed by atoms with Gasteiger partial charge in [-0.2, -0.15) is 5.26 Å². The Morgan fingerprint density at radius 1 is 1.19 bits per heavy atom. The Kier molecular flexibility index (Phi) is 1.72. The Morgan fingerprint density at radius 3 is 2.81 bits per heavy atom. The first kappa shape index (κ1) is 8.93. The van der Waals surface area contributed by atoms with Crippen molar-refractivity contribution in [2.24, 2.45) is 0 Å². The maximum absolute atomic E-state index is 12.0. The zero-order valence-electron chi connectivity index (χ0n) is 8.47. The van der Waals surface area contributed by atoms with Gasteiger partial charge in [0.25, 0.3) is 0 Å². The van der Waals surface area contributed by atoms with Crippen molar-refractivity contribution in [2.75, 3.05) is 0 Å². The highest BCUT2D eigenvalue weighted by Crippen LogP contribution is 2.30. The maximum Gasteiger partial charge on any atom is 0.211 e. The molecule has 0 bridgehead atoms. The van der Waals surface area contributed by atoms with Crippen LogP contribution >= 0.6 is 0 Å². The van der Waals surface area contributed by atoms with Crippen LogP contribution in [0.3, 0.4) is 0 Å². The Hall–Kier alpha value is -2.34. The van der Waals surface area contributed by atoms with E-state index in [0.29, 0.717) is 12.1 Å². The van der Waals surface area contributed by atoms with Crippen molar-refractivity contribution in [1.82, 2.24) is 4.57 Å². The van der Waals surface area contributed by atoms with E-state index < -0.39 is 0 Å². The van der Waals surface area contributed by atoms with E-state index in [-0.39, 0.29) is 5.78 Å². The zero-order chi connectivity index (χ0) is 11.1. The molecule has 2 heterocycles. The van der Waals surface area contributed by atoms with E-state index in [9.17, 15) is 4.79 Å². The number of fused-ring (bicyclic) bond motifs is 3. The summed E-state index contributed by atoms with van der Waals surface area (Å²) >= 11 is 0. The van der Waals surface area contributed by atoms with Gasteiger partial charge in [-0.15, -0.1) is 0 Å². The fourth-order valence-corrected chi connectivity index (χ4v) is 2.16. The van der Waals surface area contributed by atoms with Crippen molar-refractivity contribution in [3.05, 3.63) is 53.3 Å². The molecular formula is C13H8N2O. The van der Waals surface area contributed by atoms with Crippen molar-refractivity contribution in [2.45, 2.75) is 6.42 Å². The minimum Gasteiger partial charge on any atom is -0.309 e. The molecule has 76 valence electrons. The van der Waals surface area contributed by atoms with Crippen LogP contribution in [0.2, 0.25) is 0 Å². The average molecular weight is 208 g/mol. The minimum absolute atomic E-state index is 0.0415. The lowest BCUT2D eigenvalue weighted by molar-refractivity contribution is 0.104. The van der Waals surface area contributed by atoms with Crippen LogP contribution in [0.5, 0.6) is 0 Å². The van der Waals surface area contributed by atoms with Gasteiger partial charge in [0.15, 0.2) is 0 Å². The molecule has 1 aromatic carbocycles. The molecule has 0 saturated carbocycles. The normalized spacial score (nSPS) is 12.1. The lowest BCUT2D eigenvalue weighted by Gasteiger charge is -2.04. The van der Waals surface area contributed by atoms with Crippen LogP contribution in [0.15, 0.2) is 36.4 Å². The highest BCUT2D eigenvalue weighted by Gasteiger charge is 2.27. The summed E-state index contributed by atoms with van der Waals surface area (Å²) < 4.78 is 1.88. The number of hydrogen-bond acceptors (Lipinski definition) is 2. The number of carbonyl (C=O) groups excluding carboxylic acids is 1. The van der Waals surface area contributed by atoms with Gasteiger partial charge in [0.05, 0.1) is 23.9 Å². The fourth-order valence-electron chi connectivity index (χ4n) is 2.16. The third-order valence-electron chi connectivity index (χ3n) is 2.84. The van der Waals surface area contributed by atoms with Gasteiger partial charge < -0.3 is 4.57 Å². The van der Waals surface area contributed by atoms with E-state index in [1.165, 1.54) is 0 Å². The molecule has 2 aromatic rings. The molecule has 1 aliphatic heterocycles. The largest absolute Gasteiger partial charge is 0.309 e. The smallest absolute Gasteiger partial charge is 0.211 e. The topological polar surface area (TPSA) is 45.8 Å². The predicted octanol–water partition coefficient (Wildman–Crippen LogP) is 2.09. The lowest BCUT2D eigenvalue weighted by atomic mass is 10.1. The maximum atomic E-state index is 12.0. The number of nitrogens with zero attached hydrogens (tertiary/aromatic N) is 2. The third kappa shape index (κ3) is 0.986. The summed E-state index contributed by atoms with van der Waals surface area (Å²) in [6.07, 6.45) is 0.321. The van der Waals surface area contributed by atoms with Crippen LogP contribution in [0.25, 0.3) is 5.69 Å². The Labute approximate surface area is 92.6 Å². The number of carbonyl (C=O) groups is 1. The van der Waals surface area contributed by atoms with Gasteiger partial charge in [-0.3, -0.25) is 4.79 Å². The van der Waals surface area contributed by atoms with E-state index in [1.54, 1.807) is 6.07 Å². The second kappa shape index (κ2) is 3.07. The summed E-state index contributed by atoms with van der Waals surface area (Å²) in [6.45, 7) is 0. The number of ketones is 1. The second-order valence-electron chi connectivity index (χ2n) is 3.73. The molecule has 0 spiro atoms. The summed E-state index contributed by atoms with van der Waals surface area (Å²) in [5, 5.41) is 8.73. The molecule has 3 nitrogen and oxygen atoms in total.